The minimum Gasteiger partial charge on any atom is -0.456 e. The Hall–Kier alpha value is -1.19. The first kappa shape index (κ1) is 17.9. The highest BCUT2D eigenvalue weighted by Gasteiger charge is 2.50. The maximum atomic E-state index is 11.2. The largest absolute Gasteiger partial charge is 0.456 e. The molecule has 1 heterocycles. The number of rotatable bonds is 4. The predicted molar refractivity (Wildman–Crippen MR) is 71.3 cm³/mol. The van der Waals surface area contributed by atoms with Gasteiger partial charge in [0.2, 0.25) is 0 Å². The summed E-state index contributed by atoms with van der Waals surface area (Å²) in [6.07, 6.45) is -5.74. The molecule has 1 aliphatic heterocycles. The Morgan fingerprint density at radius 1 is 0.952 bits per heavy atom. The van der Waals surface area contributed by atoms with Gasteiger partial charge in [-0.25, -0.2) is 0 Å². The highest BCUT2D eigenvalue weighted by molar-refractivity contribution is 9.09. The van der Waals surface area contributed by atoms with Crippen molar-refractivity contribution in [3.05, 3.63) is 0 Å². The Labute approximate surface area is 129 Å². The van der Waals surface area contributed by atoms with E-state index in [1.165, 1.54) is 6.92 Å². The normalized spacial score (nSPS) is 32.1. The lowest BCUT2D eigenvalue weighted by molar-refractivity contribution is -0.287. The van der Waals surface area contributed by atoms with Crippen LogP contribution in [-0.4, -0.2) is 59.1 Å². The molecule has 8 nitrogen and oxygen atoms in total. The minimum atomic E-state index is -1.51. The van der Waals surface area contributed by atoms with Gasteiger partial charge in [-0.15, -0.1) is 0 Å². The Morgan fingerprint density at radius 3 is 1.81 bits per heavy atom. The third kappa shape index (κ3) is 4.94. The number of carbonyl (C=O) groups excluding carboxylic acids is 3. The highest BCUT2D eigenvalue weighted by atomic mass is 79.9. The van der Waals surface area contributed by atoms with E-state index in [-0.39, 0.29) is 5.33 Å². The molecule has 0 spiro atoms. The molecule has 0 saturated carbocycles. The molecule has 0 amide bonds. The fourth-order valence-corrected chi connectivity index (χ4v) is 2.52. The second-order valence-corrected chi connectivity index (χ2v) is 5.09. The number of esters is 3. The molecule has 1 N–H and O–H groups in total. The lowest BCUT2D eigenvalue weighted by Crippen LogP contribution is -2.61. The summed E-state index contributed by atoms with van der Waals surface area (Å²) >= 11 is 3.16. The SMILES string of the molecule is CC(=O)O[C@H]1[C@@H](OC(C)=O)[C@@H](O)O[C@H](CBr)[C@H]1OC(C)=O. The molecular formula is C12H17BrO8. The summed E-state index contributed by atoms with van der Waals surface area (Å²) in [5.74, 6) is -1.99. The monoisotopic (exact) mass is 368 g/mol. The fraction of sp³-hybridized carbons (Fsp3) is 0.750. The number of halogens is 1. The van der Waals surface area contributed by atoms with E-state index in [1.54, 1.807) is 0 Å². The van der Waals surface area contributed by atoms with Crippen LogP contribution in [0.25, 0.3) is 0 Å². The standard InChI is InChI=1S/C12H17BrO8/c1-5(14)18-9-8(4-13)21-12(17)11(20-7(3)16)10(9)19-6(2)15/h8-12,17H,4H2,1-3H3/t8-,9-,10-,11-,12+/m1/s1. The van der Waals surface area contributed by atoms with E-state index in [1.807, 2.05) is 0 Å². The molecule has 1 fully saturated rings. The van der Waals surface area contributed by atoms with Crippen LogP contribution < -0.4 is 0 Å². The lowest BCUT2D eigenvalue weighted by Gasteiger charge is -2.42. The smallest absolute Gasteiger partial charge is 0.303 e. The molecular weight excluding hydrogens is 352 g/mol. The summed E-state index contributed by atoms with van der Waals surface area (Å²) in [4.78, 5) is 33.6. The van der Waals surface area contributed by atoms with Crippen LogP contribution in [-0.2, 0) is 33.3 Å². The van der Waals surface area contributed by atoms with E-state index in [0.717, 1.165) is 13.8 Å². The zero-order valence-corrected chi connectivity index (χ0v) is 13.4. The van der Waals surface area contributed by atoms with E-state index >= 15 is 0 Å². The zero-order valence-electron chi connectivity index (χ0n) is 11.8. The van der Waals surface area contributed by atoms with Crippen molar-refractivity contribution in [2.45, 2.75) is 51.5 Å². The van der Waals surface area contributed by atoms with Gasteiger partial charge < -0.3 is 24.1 Å². The van der Waals surface area contributed by atoms with E-state index in [4.69, 9.17) is 18.9 Å². The molecule has 1 aliphatic rings. The van der Waals surface area contributed by atoms with Crippen LogP contribution in [0.2, 0.25) is 0 Å². The van der Waals surface area contributed by atoms with Crippen molar-refractivity contribution < 1.29 is 38.4 Å². The Morgan fingerprint density at radius 2 is 1.38 bits per heavy atom. The molecule has 9 heteroatoms. The van der Waals surface area contributed by atoms with Gasteiger partial charge in [0.1, 0.15) is 6.10 Å². The van der Waals surface area contributed by atoms with Crippen LogP contribution in [0.15, 0.2) is 0 Å². The third-order valence-electron chi connectivity index (χ3n) is 2.67. The Bertz CT molecular complexity index is 412. The van der Waals surface area contributed by atoms with Crippen LogP contribution >= 0.6 is 15.9 Å². The maximum absolute atomic E-state index is 11.2. The van der Waals surface area contributed by atoms with E-state index < -0.39 is 48.6 Å². The Balaban J connectivity index is 3.08. The van der Waals surface area contributed by atoms with E-state index in [9.17, 15) is 19.5 Å². The topological polar surface area (TPSA) is 108 Å². The van der Waals surface area contributed by atoms with Crippen molar-refractivity contribution in [2.24, 2.45) is 0 Å². The quantitative estimate of drug-likeness (QED) is 0.416. The van der Waals surface area contributed by atoms with E-state index in [0.29, 0.717) is 0 Å². The second kappa shape index (κ2) is 7.71. The molecule has 0 unspecified atom stereocenters. The second-order valence-electron chi connectivity index (χ2n) is 4.44. The molecule has 0 aromatic rings. The molecule has 1 rings (SSSR count). The summed E-state index contributed by atoms with van der Waals surface area (Å²) in [6.45, 7) is 3.47. The first-order chi connectivity index (χ1) is 9.76. The fourth-order valence-electron chi connectivity index (χ4n) is 2.00. The lowest BCUT2D eigenvalue weighted by atomic mass is 9.99. The van der Waals surface area contributed by atoms with E-state index in [2.05, 4.69) is 15.9 Å². The number of ether oxygens (including phenoxy) is 4. The van der Waals surface area contributed by atoms with Crippen molar-refractivity contribution in [3.8, 4) is 0 Å². The van der Waals surface area contributed by atoms with Gasteiger partial charge in [0.15, 0.2) is 24.6 Å². The highest BCUT2D eigenvalue weighted by Crippen LogP contribution is 2.28. The van der Waals surface area contributed by atoms with Crippen LogP contribution in [0.3, 0.4) is 0 Å². The number of hydrogen-bond acceptors (Lipinski definition) is 8. The van der Waals surface area contributed by atoms with Crippen molar-refractivity contribution in [2.75, 3.05) is 5.33 Å². The summed E-state index contributed by atoms with van der Waals surface area (Å²) in [5.41, 5.74) is 0. The first-order valence-corrected chi connectivity index (χ1v) is 7.29. The van der Waals surface area contributed by atoms with Gasteiger partial charge in [-0.3, -0.25) is 14.4 Å². The van der Waals surface area contributed by atoms with Crippen molar-refractivity contribution in [3.63, 3.8) is 0 Å². The molecule has 0 aromatic carbocycles. The van der Waals surface area contributed by atoms with Crippen molar-refractivity contribution >= 4 is 33.8 Å². The first-order valence-electron chi connectivity index (χ1n) is 6.17. The van der Waals surface area contributed by atoms with Crippen molar-refractivity contribution in [1.82, 2.24) is 0 Å². The van der Waals surface area contributed by atoms with Crippen LogP contribution in [0.5, 0.6) is 0 Å². The van der Waals surface area contributed by atoms with Gasteiger partial charge in [-0.05, 0) is 0 Å². The van der Waals surface area contributed by atoms with Crippen LogP contribution in [0.1, 0.15) is 20.8 Å². The van der Waals surface area contributed by atoms with Gasteiger partial charge in [-0.2, -0.15) is 0 Å². The maximum Gasteiger partial charge on any atom is 0.303 e. The summed E-state index contributed by atoms with van der Waals surface area (Å²) < 4.78 is 20.3. The number of hydrogen-bond donors (Lipinski definition) is 1. The van der Waals surface area contributed by atoms with Gasteiger partial charge in [0, 0.05) is 26.1 Å². The molecule has 0 aliphatic carbocycles. The average molecular weight is 369 g/mol. The molecule has 1 saturated heterocycles. The predicted octanol–water partition coefficient (Wildman–Crippen LogP) is -0.106. The summed E-state index contributed by atoms with van der Waals surface area (Å²) in [5, 5.41) is 10.1. The van der Waals surface area contributed by atoms with Crippen LogP contribution in [0, 0.1) is 0 Å². The number of carbonyl (C=O) groups is 3. The molecule has 0 bridgehead atoms. The molecule has 21 heavy (non-hydrogen) atoms. The Kier molecular flexibility index (Phi) is 6.56. The molecule has 5 atom stereocenters. The summed E-state index contributed by atoms with van der Waals surface area (Å²) in [6, 6.07) is 0. The number of alkyl halides is 1. The minimum absolute atomic E-state index is 0.215. The van der Waals surface area contributed by atoms with Crippen molar-refractivity contribution in [1.29, 1.82) is 0 Å². The number of aliphatic hydroxyl groups excluding tert-OH is 1. The zero-order chi connectivity index (χ0) is 16.2. The van der Waals surface area contributed by atoms with Gasteiger partial charge >= 0.3 is 17.9 Å². The average Bonchev–Trinajstić information content (AvgIpc) is 2.35. The molecule has 0 radical (unpaired) electrons. The summed E-state index contributed by atoms with van der Waals surface area (Å²) in [7, 11) is 0. The van der Waals surface area contributed by atoms with Gasteiger partial charge in [0.05, 0.1) is 0 Å². The molecule has 0 aromatic heterocycles. The van der Waals surface area contributed by atoms with Gasteiger partial charge in [0.25, 0.3) is 0 Å². The van der Waals surface area contributed by atoms with Crippen LogP contribution in [0.4, 0.5) is 0 Å². The van der Waals surface area contributed by atoms with Gasteiger partial charge in [-0.1, -0.05) is 15.9 Å². The molecule has 120 valence electrons. The third-order valence-corrected chi connectivity index (χ3v) is 3.31. The number of aliphatic hydroxyl groups is 1.